The number of aromatic nitrogens is 1. The summed E-state index contributed by atoms with van der Waals surface area (Å²) in [4.78, 5) is 14.8. The van der Waals surface area contributed by atoms with Crippen molar-refractivity contribution in [2.45, 2.75) is 20.3 Å². The monoisotopic (exact) mass is 228 g/mol. The molecule has 1 amide bonds. The molecule has 0 aliphatic heterocycles. The van der Waals surface area contributed by atoms with Crippen molar-refractivity contribution >= 4 is 11.6 Å². The standard InChI is InChI=1S/C14H16N2O/c1-10-4-3-5-11(2)14(10)16-13(17)8-12-6-7-15-9-12/h3-7,9,15H,8H2,1-2H3,(H,16,17). The molecule has 0 aliphatic carbocycles. The lowest BCUT2D eigenvalue weighted by molar-refractivity contribution is -0.115. The molecule has 88 valence electrons. The number of benzene rings is 1. The lowest BCUT2D eigenvalue weighted by atomic mass is 10.1. The second kappa shape index (κ2) is 4.87. The Morgan fingerprint density at radius 2 is 1.94 bits per heavy atom. The maximum atomic E-state index is 11.9. The number of nitrogens with one attached hydrogen (secondary N) is 2. The molecule has 0 atom stereocenters. The molecule has 0 saturated carbocycles. The minimum Gasteiger partial charge on any atom is -0.367 e. The lowest BCUT2D eigenvalue weighted by Gasteiger charge is -2.10. The van der Waals surface area contributed by atoms with E-state index in [0.29, 0.717) is 6.42 Å². The Kier molecular flexibility index (Phi) is 3.28. The van der Waals surface area contributed by atoms with E-state index in [0.717, 1.165) is 22.4 Å². The van der Waals surface area contributed by atoms with Crippen LogP contribution in [0, 0.1) is 13.8 Å². The summed E-state index contributed by atoms with van der Waals surface area (Å²) >= 11 is 0. The predicted molar refractivity (Wildman–Crippen MR) is 69.0 cm³/mol. The van der Waals surface area contributed by atoms with E-state index in [1.54, 1.807) is 0 Å². The number of carbonyl (C=O) groups excluding carboxylic acids is 1. The Morgan fingerprint density at radius 1 is 1.24 bits per heavy atom. The quantitative estimate of drug-likeness (QED) is 0.833. The fourth-order valence-electron chi connectivity index (χ4n) is 1.85. The van der Waals surface area contributed by atoms with E-state index in [9.17, 15) is 4.79 Å². The van der Waals surface area contributed by atoms with Gasteiger partial charge in [-0.25, -0.2) is 0 Å². The largest absolute Gasteiger partial charge is 0.367 e. The van der Waals surface area contributed by atoms with Crippen LogP contribution >= 0.6 is 0 Å². The van der Waals surface area contributed by atoms with E-state index < -0.39 is 0 Å². The van der Waals surface area contributed by atoms with Crippen LogP contribution in [0.1, 0.15) is 16.7 Å². The zero-order valence-corrected chi connectivity index (χ0v) is 10.1. The summed E-state index contributed by atoms with van der Waals surface area (Å²) in [5, 5.41) is 2.96. The number of carbonyl (C=O) groups is 1. The van der Waals surface area contributed by atoms with Gasteiger partial charge >= 0.3 is 0 Å². The van der Waals surface area contributed by atoms with Crippen LogP contribution in [-0.4, -0.2) is 10.9 Å². The van der Waals surface area contributed by atoms with Crippen LogP contribution in [0.15, 0.2) is 36.7 Å². The molecular formula is C14H16N2O. The summed E-state index contributed by atoms with van der Waals surface area (Å²) in [6.45, 7) is 4.00. The van der Waals surface area contributed by atoms with Gasteiger partial charge in [0.2, 0.25) is 5.91 Å². The van der Waals surface area contributed by atoms with E-state index in [1.165, 1.54) is 0 Å². The SMILES string of the molecule is Cc1cccc(C)c1NC(=O)Cc1cc[nH]c1. The molecule has 1 heterocycles. The number of anilines is 1. The summed E-state index contributed by atoms with van der Waals surface area (Å²) < 4.78 is 0. The van der Waals surface area contributed by atoms with E-state index in [1.807, 2.05) is 50.5 Å². The molecule has 2 rings (SSSR count). The number of H-pyrrole nitrogens is 1. The molecule has 0 aliphatic rings. The third kappa shape index (κ3) is 2.75. The third-order valence-electron chi connectivity index (χ3n) is 2.77. The number of para-hydroxylation sites is 1. The molecule has 0 unspecified atom stereocenters. The minimum absolute atomic E-state index is 0.0157. The molecule has 2 aromatic rings. The van der Waals surface area contributed by atoms with Gasteiger partial charge in [0.15, 0.2) is 0 Å². The number of hydrogen-bond donors (Lipinski definition) is 2. The van der Waals surface area contributed by atoms with Crippen molar-refractivity contribution in [3.05, 3.63) is 53.3 Å². The van der Waals surface area contributed by atoms with Gasteiger partial charge in [-0.05, 0) is 36.6 Å². The molecule has 0 fully saturated rings. The van der Waals surface area contributed by atoms with Gasteiger partial charge in [-0.3, -0.25) is 4.79 Å². The van der Waals surface area contributed by atoms with Gasteiger partial charge in [-0.2, -0.15) is 0 Å². The molecule has 0 bridgehead atoms. The second-order valence-electron chi connectivity index (χ2n) is 4.21. The van der Waals surface area contributed by atoms with E-state index in [2.05, 4.69) is 10.3 Å². The van der Waals surface area contributed by atoms with Gasteiger partial charge in [0.05, 0.1) is 6.42 Å². The minimum atomic E-state index is 0.0157. The Labute approximate surface area is 101 Å². The number of aryl methyl sites for hydroxylation is 2. The highest BCUT2D eigenvalue weighted by atomic mass is 16.1. The molecule has 3 nitrogen and oxygen atoms in total. The van der Waals surface area contributed by atoms with Crippen molar-refractivity contribution in [2.75, 3.05) is 5.32 Å². The van der Waals surface area contributed by atoms with Gasteiger partial charge in [-0.1, -0.05) is 18.2 Å². The normalized spacial score (nSPS) is 10.2. The van der Waals surface area contributed by atoms with Crippen molar-refractivity contribution in [3.63, 3.8) is 0 Å². The van der Waals surface area contributed by atoms with Gasteiger partial charge in [0, 0.05) is 18.1 Å². The summed E-state index contributed by atoms with van der Waals surface area (Å²) in [5.41, 5.74) is 4.10. The molecule has 3 heteroatoms. The predicted octanol–water partition coefficient (Wildman–Crippen LogP) is 2.81. The smallest absolute Gasteiger partial charge is 0.228 e. The summed E-state index contributed by atoms with van der Waals surface area (Å²) in [6.07, 6.45) is 4.06. The highest BCUT2D eigenvalue weighted by Gasteiger charge is 2.07. The molecule has 0 spiro atoms. The topological polar surface area (TPSA) is 44.9 Å². The third-order valence-corrected chi connectivity index (χ3v) is 2.77. The molecule has 1 aromatic carbocycles. The van der Waals surface area contributed by atoms with E-state index >= 15 is 0 Å². The average Bonchev–Trinajstić information content (AvgIpc) is 2.76. The highest BCUT2D eigenvalue weighted by Crippen LogP contribution is 2.19. The first kappa shape index (κ1) is 11.5. The van der Waals surface area contributed by atoms with Crippen LogP contribution in [0.3, 0.4) is 0 Å². The fourth-order valence-corrected chi connectivity index (χ4v) is 1.85. The van der Waals surface area contributed by atoms with Gasteiger partial charge in [0.25, 0.3) is 0 Å². The van der Waals surface area contributed by atoms with Crippen LogP contribution in [0.5, 0.6) is 0 Å². The maximum absolute atomic E-state index is 11.9. The van der Waals surface area contributed by atoms with Gasteiger partial charge in [0.1, 0.15) is 0 Å². The number of amides is 1. The fraction of sp³-hybridized carbons (Fsp3) is 0.214. The summed E-state index contributed by atoms with van der Waals surface area (Å²) in [6, 6.07) is 7.90. The van der Waals surface area contributed by atoms with Crippen LogP contribution in [-0.2, 0) is 11.2 Å². The maximum Gasteiger partial charge on any atom is 0.228 e. The van der Waals surface area contributed by atoms with E-state index in [4.69, 9.17) is 0 Å². The average molecular weight is 228 g/mol. The number of rotatable bonds is 3. The zero-order chi connectivity index (χ0) is 12.3. The highest BCUT2D eigenvalue weighted by molar-refractivity contribution is 5.93. The first-order valence-electron chi connectivity index (χ1n) is 5.64. The van der Waals surface area contributed by atoms with E-state index in [-0.39, 0.29) is 5.91 Å². The number of aromatic amines is 1. The van der Waals surface area contributed by atoms with Crippen molar-refractivity contribution in [3.8, 4) is 0 Å². The van der Waals surface area contributed by atoms with Crippen LogP contribution < -0.4 is 5.32 Å². The van der Waals surface area contributed by atoms with Gasteiger partial charge in [-0.15, -0.1) is 0 Å². The molecule has 0 saturated heterocycles. The van der Waals surface area contributed by atoms with Gasteiger partial charge < -0.3 is 10.3 Å². The summed E-state index contributed by atoms with van der Waals surface area (Å²) in [5.74, 6) is 0.0157. The van der Waals surface area contributed by atoms with Crippen LogP contribution in [0.4, 0.5) is 5.69 Å². The molecule has 1 aromatic heterocycles. The summed E-state index contributed by atoms with van der Waals surface area (Å²) in [7, 11) is 0. The molecule has 0 radical (unpaired) electrons. The zero-order valence-electron chi connectivity index (χ0n) is 10.1. The van der Waals surface area contributed by atoms with Crippen molar-refractivity contribution in [1.82, 2.24) is 4.98 Å². The molecule has 2 N–H and O–H groups in total. The van der Waals surface area contributed by atoms with Crippen molar-refractivity contribution < 1.29 is 4.79 Å². The second-order valence-corrected chi connectivity index (χ2v) is 4.21. The Morgan fingerprint density at radius 3 is 2.53 bits per heavy atom. The van der Waals surface area contributed by atoms with Crippen LogP contribution in [0.25, 0.3) is 0 Å². The van der Waals surface area contributed by atoms with Crippen LogP contribution in [0.2, 0.25) is 0 Å². The van der Waals surface area contributed by atoms with Crippen molar-refractivity contribution in [1.29, 1.82) is 0 Å². The Balaban J connectivity index is 2.08. The first-order chi connectivity index (χ1) is 8.16. The molecular weight excluding hydrogens is 212 g/mol. The lowest BCUT2D eigenvalue weighted by Crippen LogP contribution is -2.15. The Hall–Kier alpha value is -2.03. The first-order valence-corrected chi connectivity index (χ1v) is 5.64. The van der Waals surface area contributed by atoms with Crippen molar-refractivity contribution in [2.24, 2.45) is 0 Å². The molecule has 17 heavy (non-hydrogen) atoms. The Bertz CT molecular complexity index is 495. The number of hydrogen-bond acceptors (Lipinski definition) is 1.